The molecule has 1 fully saturated rings. The van der Waals surface area contributed by atoms with Crippen molar-refractivity contribution in [1.82, 2.24) is 4.90 Å². The average molecular weight is 319 g/mol. The molecule has 0 N–H and O–H groups in total. The summed E-state index contributed by atoms with van der Waals surface area (Å²) in [7, 11) is 1.16. The highest BCUT2D eigenvalue weighted by Gasteiger charge is 2.42. The highest BCUT2D eigenvalue weighted by atomic mass is 35.6. The molecule has 0 unspecified atom stereocenters. The SMILES string of the molecule is COC(=O)[C@@H]1CCC(=O)N1C(=O)OCC(Cl)(Cl)Cl. The standard InChI is InChI=1S/C9H10Cl3NO5/c1-17-7(15)5-2-3-6(14)13(5)8(16)18-4-9(10,11)12/h5H,2-4H2,1H3/t5-/m0/s1. The van der Waals surface area contributed by atoms with Crippen molar-refractivity contribution in [3.8, 4) is 0 Å². The molecule has 1 aliphatic rings. The molecule has 0 spiro atoms. The highest BCUT2D eigenvalue weighted by molar-refractivity contribution is 6.67. The summed E-state index contributed by atoms with van der Waals surface area (Å²) < 4.78 is 7.36. The zero-order valence-corrected chi connectivity index (χ0v) is 11.6. The lowest BCUT2D eigenvalue weighted by molar-refractivity contribution is -0.148. The summed E-state index contributed by atoms with van der Waals surface area (Å²) >= 11 is 16.2. The Balaban J connectivity index is 2.69. The molecule has 1 heterocycles. The normalized spacial score (nSPS) is 19.9. The predicted octanol–water partition coefficient (Wildman–Crippen LogP) is 1.66. The van der Waals surface area contributed by atoms with Crippen molar-refractivity contribution < 1.29 is 23.9 Å². The zero-order chi connectivity index (χ0) is 13.9. The van der Waals surface area contributed by atoms with Gasteiger partial charge in [0.15, 0.2) is 0 Å². The Morgan fingerprint density at radius 1 is 1.44 bits per heavy atom. The smallest absolute Gasteiger partial charge is 0.417 e. The highest BCUT2D eigenvalue weighted by Crippen LogP contribution is 2.27. The maximum absolute atomic E-state index is 11.6. The van der Waals surface area contributed by atoms with E-state index in [1.807, 2.05) is 0 Å². The molecule has 6 nitrogen and oxygen atoms in total. The number of rotatable bonds is 2. The first-order chi connectivity index (χ1) is 8.26. The fraction of sp³-hybridized carbons (Fsp3) is 0.667. The number of hydrogen-bond acceptors (Lipinski definition) is 5. The first-order valence-corrected chi connectivity index (χ1v) is 6.03. The number of nitrogens with zero attached hydrogens (tertiary/aromatic N) is 1. The van der Waals surface area contributed by atoms with Crippen molar-refractivity contribution in [3.63, 3.8) is 0 Å². The molecule has 102 valence electrons. The van der Waals surface area contributed by atoms with Crippen LogP contribution in [0.1, 0.15) is 12.8 Å². The van der Waals surface area contributed by atoms with Gasteiger partial charge in [-0.15, -0.1) is 0 Å². The van der Waals surface area contributed by atoms with Gasteiger partial charge in [0.25, 0.3) is 0 Å². The molecule has 0 aromatic carbocycles. The molecular formula is C9H10Cl3NO5. The van der Waals surface area contributed by atoms with Crippen molar-refractivity contribution in [1.29, 1.82) is 0 Å². The monoisotopic (exact) mass is 317 g/mol. The number of halogens is 3. The van der Waals surface area contributed by atoms with E-state index in [0.29, 0.717) is 4.90 Å². The van der Waals surface area contributed by atoms with E-state index in [1.165, 1.54) is 0 Å². The lowest BCUT2D eigenvalue weighted by Gasteiger charge is -2.21. The van der Waals surface area contributed by atoms with E-state index in [4.69, 9.17) is 34.8 Å². The van der Waals surface area contributed by atoms with Gasteiger partial charge in [-0.3, -0.25) is 4.79 Å². The number of carbonyl (C=O) groups excluding carboxylic acids is 3. The first-order valence-electron chi connectivity index (χ1n) is 4.89. The molecular weight excluding hydrogens is 308 g/mol. The van der Waals surface area contributed by atoms with Crippen LogP contribution in [0, 0.1) is 0 Å². The quantitative estimate of drug-likeness (QED) is 0.572. The summed E-state index contributed by atoms with van der Waals surface area (Å²) in [6, 6.07) is -0.981. The molecule has 2 amide bonds. The molecule has 9 heteroatoms. The molecule has 0 aliphatic carbocycles. The van der Waals surface area contributed by atoms with E-state index in [2.05, 4.69) is 9.47 Å². The third-order valence-corrected chi connectivity index (χ3v) is 2.57. The Morgan fingerprint density at radius 2 is 2.06 bits per heavy atom. The number of hydrogen-bond donors (Lipinski definition) is 0. The Bertz CT molecular complexity index is 368. The molecule has 0 bridgehead atoms. The van der Waals surface area contributed by atoms with E-state index >= 15 is 0 Å². The van der Waals surface area contributed by atoms with Gasteiger partial charge in [0.05, 0.1) is 7.11 Å². The van der Waals surface area contributed by atoms with E-state index < -0.39 is 34.4 Å². The van der Waals surface area contributed by atoms with Crippen molar-refractivity contribution >= 4 is 52.8 Å². The maximum atomic E-state index is 11.6. The van der Waals surface area contributed by atoms with Gasteiger partial charge in [0.1, 0.15) is 12.6 Å². The van der Waals surface area contributed by atoms with Gasteiger partial charge in [-0.2, -0.15) is 0 Å². The van der Waals surface area contributed by atoms with Gasteiger partial charge in [-0.05, 0) is 6.42 Å². The molecule has 1 saturated heterocycles. The zero-order valence-electron chi connectivity index (χ0n) is 9.32. The number of ether oxygens (including phenoxy) is 2. The minimum Gasteiger partial charge on any atom is -0.467 e. The minimum atomic E-state index is -1.78. The van der Waals surface area contributed by atoms with Crippen molar-refractivity contribution in [2.24, 2.45) is 0 Å². The fourth-order valence-corrected chi connectivity index (χ4v) is 1.65. The number of likely N-dealkylation sites (tertiary alicyclic amines) is 1. The molecule has 0 saturated carbocycles. The average Bonchev–Trinajstić information content (AvgIpc) is 2.66. The molecule has 0 aromatic rings. The lowest BCUT2D eigenvalue weighted by Crippen LogP contribution is -2.44. The second-order valence-corrected chi connectivity index (χ2v) is 6.03. The number of carbonyl (C=O) groups is 3. The van der Waals surface area contributed by atoms with Crippen molar-refractivity contribution in [3.05, 3.63) is 0 Å². The van der Waals surface area contributed by atoms with E-state index in [9.17, 15) is 14.4 Å². The van der Waals surface area contributed by atoms with Gasteiger partial charge >= 0.3 is 12.1 Å². The second kappa shape index (κ2) is 5.95. The van der Waals surface area contributed by atoms with Crippen LogP contribution in [0.3, 0.4) is 0 Å². The first kappa shape index (κ1) is 15.3. The van der Waals surface area contributed by atoms with Gasteiger partial charge in [-0.1, -0.05) is 34.8 Å². The fourth-order valence-electron chi connectivity index (χ4n) is 1.49. The predicted molar refractivity (Wildman–Crippen MR) is 63.5 cm³/mol. The summed E-state index contributed by atoms with van der Waals surface area (Å²) in [5, 5.41) is 0. The third kappa shape index (κ3) is 3.90. The second-order valence-electron chi connectivity index (χ2n) is 3.51. The summed E-state index contributed by atoms with van der Waals surface area (Å²) in [5.74, 6) is -1.22. The van der Waals surface area contributed by atoms with Crippen LogP contribution >= 0.6 is 34.8 Å². The van der Waals surface area contributed by atoms with Crippen LogP contribution in [0.2, 0.25) is 0 Å². The van der Waals surface area contributed by atoms with Crippen molar-refractivity contribution in [2.45, 2.75) is 22.7 Å². The van der Waals surface area contributed by atoms with E-state index in [0.717, 1.165) is 7.11 Å². The van der Waals surface area contributed by atoms with Crippen LogP contribution in [0.5, 0.6) is 0 Å². The van der Waals surface area contributed by atoms with E-state index in [-0.39, 0.29) is 12.8 Å². The Labute approximate surface area is 118 Å². The Morgan fingerprint density at radius 3 is 2.56 bits per heavy atom. The van der Waals surface area contributed by atoms with Gasteiger partial charge in [-0.25, -0.2) is 14.5 Å². The van der Waals surface area contributed by atoms with E-state index in [1.54, 1.807) is 0 Å². The molecule has 1 aliphatic heterocycles. The van der Waals surface area contributed by atoms with Crippen LogP contribution in [-0.2, 0) is 19.1 Å². The number of alkyl halides is 3. The summed E-state index contributed by atoms with van der Waals surface area (Å²) in [5.41, 5.74) is 0. The van der Waals surface area contributed by atoms with Crippen LogP contribution in [0.4, 0.5) is 4.79 Å². The Kier molecular flexibility index (Phi) is 5.07. The number of methoxy groups -OCH3 is 1. The van der Waals surface area contributed by atoms with Crippen LogP contribution < -0.4 is 0 Å². The largest absolute Gasteiger partial charge is 0.467 e. The summed E-state index contributed by atoms with van der Waals surface area (Å²) in [6.45, 7) is -0.520. The maximum Gasteiger partial charge on any atom is 0.417 e. The number of esters is 1. The third-order valence-electron chi connectivity index (χ3n) is 2.24. The van der Waals surface area contributed by atoms with Crippen LogP contribution in [0.25, 0.3) is 0 Å². The topological polar surface area (TPSA) is 72.9 Å². The van der Waals surface area contributed by atoms with Gasteiger partial charge < -0.3 is 9.47 Å². The van der Waals surface area contributed by atoms with Crippen LogP contribution in [-0.4, -0.2) is 46.4 Å². The molecule has 18 heavy (non-hydrogen) atoms. The lowest BCUT2D eigenvalue weighted by atomic mass is 10.2. The number of amides is 2. The summed E-state index contributed by atoms with van der Waals surface area (Å²) in [6.07, 6.45) is -0.781. The number of imide groups is 1. The molecule has 0 aromatic heterocycles. The van der Waals surface area contributed by atoms with Crippen molar-refractivity contribution in [2.75, 3.05) is 13.7 Å². The Hall–Kier alpha value is -0.720. The van der Waals surface area contributed by atoms with Gasteiger partial charge in [0, 0.05) is 6.42 Å². The van der Waals surface area contributed by atoms with Gasteiger partial charge in [0.2, 0.25) is 9.70 Å². The molecule has 0 radical (unpaired) electrons. The molecule has 1 rings (SSSR count). The molecule has 1 atom stereocenters. The van der Waals surface area contributed by atoms with Crippen LogP contribution in [0.15, 0.2) is 0 Å². The summed E-state index contributed by atoms with van der Waals surface area (Å²) in [4.78, 5) is 35.2. The minimum absolute atomic E-state index is 0.0582.